The van der Waals surface area contributed by atoms with E-state index >= 15 is 0 Å². The lowest BCUT2D eigenvalue weighted by Crippen LogP contribution is -2.23. The molecule has 1 saturated carbocycles. The highest BCUT2D eigenvalue weighted by Crippen LogP contribution is 2.41. The lowest BCUT2D eigenvalue weighted by molar-refractivity contribution is -0.115. The van der Waals surface area contributed by atoms with Gasteiger partial charge >= 0.3 is 0 Å². The minimum Gasteiger partial charge on any atom is -0.325 e. The number of aryl methyl sites for hydroxylation is 1. The van der Waals surface area contributed by atoms with E-state index in [2.05, 4.69) is 39.1 Å². The van der Waals surface area contributed by atoms with Crippen molar-refractivity contribution in [3.8, 4) is 5.69 Å². The standard InChI is InChI=1S/C22H24N4OS/c1-3-16-9-13-18(14-10-16)23-21(27)15(2)28-22-25-24-20(17-11-12-17)26(22)19-7-5-4-6-8-19/h4-10,13-15,17H,3,11-12H2,1-2H3,(H,23,27). The van der Waals surface area contributed by atoms with Crippen LogP contribution in [0.5, 0.6) is 0 Å². The Morgan fingerprint density at radius 2 is 1.86 bits per heavy atom. The van der Waals surface area contributed by atoms with Gasteiger partial charge in [-0.25, -0.2) is 0 Å². The van der Waals surface area contributed by atoms with Crippen LogP contribution in [0.3, 0.4) is 0 Å². The lowest BCUT2D eigenvalue weighted by atomic mass is 10.1. The molecule has 5 nitrogen and oxygen atoms in total. The number of carbonyl (C=O) groups is 1. The topological polar surface area (TPSA) is 59.8 Å². The number of anilines is 1. The van der Waals surface area contributed by atoms with E-state index in [-0.39, 0.29) is 11.2 Å². The molecule has 28 heavy (non-hydrogen) atoms. The van der Waals surface area contributed by atoms with Gasteiger partial charge in [-0.2, -0.15) is 0 Å². The van der Waals surface area contributed by atoms with Crippen molar-refractivity contribution in [2.24, 2.45) is 0 Å². The summed E-state index contributed by atoms with van der Waals surface area (Å²) in [6.45, 7) is 4.02. The second kappa shape index (κ2) is 8.19. The van der Waals surface area contributed by atoms with Crippen molar-refractivity contribution in [1.82, 2.24) is 14.8 Å². The third-order valence-corrected chi connectivity index (χ3v) is 5.94. The van der Waals surface area contributed by atoms with Crippen molar-refractivity contribution in [2.45, 2.75) is 49.4 Å². The van der Waals surface area contributed by atoms with E-state index in [0.717, 1.165) is 41.6 Å². The fraction of sp³-hybridized carbons (Fsp3) is 0.318. The number of aromatic nitrogens is 3. The van der Waals surface area contributed by atoms with E-state index in [9.17, 15) is 4.79 Å². The number of rotatable bonds is 7. The lowest BCUT2D eigenvalue weighted by Gasteiger charge is -2.14. The number of thioether (sulfide) groups is 1. The average Bonchev–Trinajstić information content (AvgIpc) is 3.49. The number of para-hydroxylation sites is 1. The number of nitrogens with zero attached hydrogens (tertiary/aromatic N) is 3. The molecule has 3 aromatic rings. The molecule has 0 radical (unpaired) electrons. The summed E-state index contributed by atoms with van der Waals surface area (Å²) in [7, 11) is 0. The van der Waals surface area contributed by atoms with Crippen LogP contribution in [0, 0.1) is 0 Å². The molecule has 1 heterocycles. The van der Waals surface area contributed by atoms with Crippen LogP contribution in [0.4, 0.5) is 5.69 Å². The fourth-order valence-corrected chi connectivity index (χ4v) is 3.94. The summed E-state index contributed by atoms with van der Waals surface area (Å²) >= 11 is 1.44. The molecular weight excluding hydrogens is 368 g/mol. The van der Waals surface area contributed by atoms with Gasteiger partial charge in [0, 0.05) is 17.3 Å². The van der Waals surface area contributed by atoms with Gasteiger partial charge < -0.3 is 5.32 Å². The summed E-state index contributed by atoms with van der Waals surface area (Å²) < 4.78 is 2.10. The zero-order valence-electron chi connectivity index (χ0n) is 16.1. The van der Waals surface area contributed by atoms with E-state index in [1.165, 1.54) is 17.3 Å². The van der Waals surface area contributed by atoms with Crippen LogP contribution in [-0.4, -0.2) is 25.9 Å². The molecule has 144 valence electrons. The normalized spacial score (nSPS) is 14.6. The Kier molecular flexibility index (Phi) is 5.48. The molecule has 2 aromatic carbocycles. The van der Waals surface area contributed by atoms with Gasteiger partial charge in [0.05, 0.1) is 5.25 Å². The number of amides is 1. The van der Waals surface area contributed by atoms with Gasteiger partial charge in [0.2, 0.25) is 5.91 Å². The van der Waals surface area contributed by atoms with Crippen LogP contribution >= 0.6 is 11.8 Å². The molecule has 1 N–H and O–H groups in total. The molecule has 1 aromatic heterocycles. The van der Waals surface area contributed by atoms with Crippen LogP contribution in [0.15, 0.2) is 59.8 Å². The number of carbonyl (C=O) groups excluding carboxylic acids is 1. The van der Waals surface area contributed by atoms with Crippen molar-refractivity contribution < 1.29 is 4.79 Å². The molecular formula is C22H24N4OS. The van der Waals surface area contributed by atoms with Gasteiger partial charge in [-0.1, -0.05) is 49.0 Å². The molecule has 0 bridgehead atoms. The molecule has 6 heteroatoms. The Morgan fingerprint density at radius 1 is 1.14 bits per heavy atom. The summed E-state index contributed by atoms with van der Waals surface area (Å²) in [6.07, 6.45) is 3.29. The number of hydrogen-bond acceptors (Lipinski definition) is 4. The predicted molar refractivity (Wildman–Crippen MR) is 113 cm³/mol. The maximum Gasteiger partial charge on any atom is 0.237 e. The van der Waals surface area contributed by atoms with Crippen molar-refractivity contribution in [3.05, 3.63) is 66.0 Å². The maximum atomic E-state index is 12.7. The van der Waals surface area contributed by atoms with Crippen molar-refractivity contribution in [1.29, 1.82) is 0 Å². The zero-order chi connectivity index (χ0) is 19.5. The van der Waals surface area contributed by atoms with E-state index in [1.807, 2.05) is 49.4 Å². The highest BCUT2D eigenvalue weighted by Gasteiger charge is 2.31. The molecule has 0 saturated heterocycles. The summed E-state index contributed by atoms with van der Waals surface area (Å²) in [6, 6.07) is 18.1. The van der Waals surface area contributed by atoms with Crippen LogP contribution in [0.2, 0.25) is 0 Å². The third-order valence-electron chi connectivity index (χ3n) is 4.90. The molecule has 1 unspecified atom stereocenters. The van der Waals surface area contributed by atoms with Crippen molar-refractivity contribution in [3.63, 3.8) is 0 Å². The fourth-order valence-electron chi connectivity index (χ4n) is 3.06. The summed E-state index contributed by atoms with van der Waals surface area (Å²) in [5.74, 6) is 1.43. The smallest absolute Gasteiger partial charge is 0.237 e. The first-order valence-electron chi connectivity index (χ1n) is 9.73. The molecule has 0 aliphatic heterocycles. The second-order valence-corrected chi connectivity index (χ2v) is 8.39. The van der Waals surface area contributed by atoms with Gasteiger partial charge in [-0.3, -0.25) is 9.36 Å². The minimum atomic E-state index is -0.287. The Labute approximate surface area is 169 Å². The van der Waals surface area contributed by atoms with Crippen LogP contribution in [0.25, 0.3) is 5.69 Å². The molecule has 1 atom stereocenters. The van der Waals surface area contributed by atoms with Gasteiger partial charge in [-0.05, 0) is 56.0 Å². The zero-order valence-corrected chi connectivity index (χ0v) is 16.9. The Hall–Kier alpha value is -2.60. The summed E-state index contributed by atoms with van der Waals surface area (Å²) in [5.41, 5.74) is 3.11. The van der Waals surface area contributed by atoms with Gasteiger partial charge in [-0.15, -0.1) is 10.2 Å². The van der Waals surface area contributed by atoms with Crippen molar-refractivity contribution in [2.75, 3.05) is 5.32 Å². The van der Waals surface area contributed by atoms with Gasteiger partial charge in [0.25, 0.3) is 0 Å². The Balaban J connectivity index is 1.51. The monoisotopic (exact) mass is 392 g/mol. The first-order chi connectivity index (χ1) is 13.7. The van der Waals surface area contributed by atoms with E-state index in [1.54, 1.807) is 0 Å². The number of benzene rings is 2. The maximum absolute atomic E-state index is 12.7. The average molecular weight is 393 g/mol. The number of nitrogens with one attached hydrogen (secondary N) is 1. The van der Waals surface area contributed by atoms with Crippen LogP contribution in [0.1, 0.15) is 44.0 Å². The van der Waals surface area contributed by atoms with Crippen LogP contribution in [-0.2, 0) is 11.2 Å². The largest absolute Gasteiger partial charge is 0.325 e. The molecule has 1 aliphatic carbocycles. The minimum absolute atomic E-state index is 0.0372. The molecule has 1 aliphatic rings. The van der Waals surface area contributed by atoms with E-state index in [4.69, 9.17) is 0 Å². The highest BCUT2D eigenvalue weighted by molar-refractivity contribution is 8.00. The van der Waals surface area contributed by atoms with Crippen LogP contribution < -0.4 is 5.32 Å². The van der Waals surface area contributed by atoms with Crippen molar-refractivity contribution >= 4 is 23.4 Å². The Bertz CT molecular complexity index is 948. The van der Waals surface area contributed by atoms with E-state index < -0.39 is 0 Å². The first-order valence-corrected chi connectivity index (χ1v) is 10.6. The quantitative estimate of drug-likeness (QED) is 0.585. The summed E-state index contributed by atoms with van der Waals surface area (Å²) in [4.78, 5) is 12.7. The number of hydrogen-bond donors (Lipinski definition) is 1. The second-order valence-electron chi connectivity index (χ2n) is 7.09. The third kappa shape index (κ3) is 4.12. The molecule has 0 spiro atoms. The highest BCUT2D eigenvalue weighted by atomic mass is 32.2. The SMILES string of the molecule is CCc1ccc(NC(=O)C(C)Sc2nnc(C3CC3)n2-c2ccccc2)cc1. The molecule has 1 amide bonds. The Morgan fingerprint density at radius 3 is 2.50 bits per heavy atom. The van der Waals surface area contributed by atoms with E-state index in [0.29, 0.717) is 5.92 Å². The van der Waals surface area contributed by atoms with Gasteiger partial charge in [0.1, 0.15) is 5.82 Å². The first kappa shape index (κ1) is 18.7. The summed E-state index contributed by atoms with van der Waals surface area (Å²) in [5, 5.41) is 12.3. The molecule has 4 rings (SSSR count). The van der Waals surface area contributed by atoms with Gasteiger partial charge in [0.15, 0.2) is 5.16 Å². The molecule has 1 fully saturated rings. The predicted octanol–water partition coefficient (Wildman–Crippen LogP) is 4.83.